The summed E-state index contributed by atoms with van der Waals surface area (Å²) in [4.78, 5) is 13.7. The zero-order valence-corrected chi connectivity index (χ0v) is 18.2. The van der Waals surface area contributed by atoms with E-state index >= 15 is 0 Å². The highest BCUT2D eigenvalue weighted by atomic mass is 79.9. The van der Waals surface area contributed by atoms with Gasteiger partial charge < -0.3 is 5.32 Å². The van der Waals surface area contributed by atoms with E-state index in [4.69, 9.17) is 0 Å². The largest absolute Gasteiger partial charge is 0.325 e. The summed E-state index contributed by atoms with van der Waals surface area (Å²) >= 11 is 4.91. The average Bonchev–Trinajstić information content (AvgIpc) is 2.58. The van der Waals surface area contributed by atoms with Gasteiger partial charge in [0, 0.05) is 29.2 Å². The molecule has 0 spiro atoms. The Morgan fingerprint density at radius 2 is 1.85 bits per heavy atom. The van der Waals surface area contributed by atoms with Crippen LogP contribution in [0.25, 0.3) is 0 Å². The van der Waals surface area contributed by atoms with E-state index in [0.29, 0.717) is 5.69 Å². The van der Waals surface area contributed by atoms with Gasteiger partial charge in [0.1, 0.15) is 0 Å². The molecule has 5 nitrogen and oxygen atoms in total. The lowest BCUT2D eigenvalue weighted by atomic mass is 10.2. The van der Waals surface area contributed by atoms with E-state index in [2.05, 4.69) is 21.2 Å². The van der Waals surface area contributed by atoms with Crippen molar-refractivity contribution in [1.29, 1.82) is 0 Å². The number of rotatable bonds is 6. The summed E-state index contributed by atoms with van der Waals surface area (Å²) in [5.74, 6) is -0.187. The van der Waals surface area contributed by atoms with Crippen LogP contribution in [0.2, 0.25) is 0 Å². The number of hydrogen-bond acceptors (Lipinski definition) is 4. The number of nitrogens with zero attached hydrogens (tertiary/aromatic N) is 1. The van der Waals surface area contributed by atoms with Crippen LogP contribution in [0.4, 0.5) is 5.69 Å². The van der Waals surface area contributed by atoms with Gasteiger partial charge in [0.25, 0.3) is 0 Å². The van der Waals surface area contributed by atoms with Crippen LogP contribution in [0.1, 0.15) is 12.5 Å². The summed E-state index contributed by atoms with van der Waals surface area (Å²) < 4.78 is 26.7. The molecular formula is C18H21BrN2O3S2. The van der Waals surface area contributed by atoms with Gasteiger partial charge >= 0.3 is 0 Å². The molecule has 0 aromatic heterocycles. The fraction of sp³-hybridized carbons (Fsp3) is 0.278. The van der Waals surface area contributed by atoms with Crippen molar-refractivity contribution in [2.24, 2.45) is 0 Å². The molecule has 0 bridgehead atoms. The summed E-state index contributed by atoms with van der Waals surface area (Å²) in [6, 6.07) is 12.4. The van der Waals surface area contributed by atoms with Crippen LogP contribution in [0.5, 0.6) is 0 Å². The van der Waals surface area contributed by atoms with Crippen molar-refractivity contribution in [1.82, 2.24) is 4.31 Å². The molecule has 0 heterocycles. The van der Waals surface area contributed by atoms with Gasteiger partial charge in [0.2, 0.25) is 15.9 Å². The molecule has 26 heavy (non-hydrogen) atoms. The maximum absolute atomic E-state index is 12.6. The Labute approximate surface area is 167 Å². The molecule has 0 saturated heterocycles. The molecule has 2 aromatic rings. The quantitative estimate of drug-likeness (QED) is 0.663. The predicted molar refractivity (Wildman–Crippen MR) is 110 cm³/mol. The van der Waals surface area contributed by atoms with E-state index in [1.54, 1.807) is 12.1 Å². The summed E-state index contributed by atoms with van der Waals surface area (Å²) in [7, 11) is -0.604. The number of aryl methyl sites for hydroxylation is 1. The number of carbonyl (C=O) groups excluding carboxylic acids is 1. The van der Waals surface area contributed by atoms with Gasteiger partial charge in [-0.15, -0.1) is 11.8 Å². The minimum atomic E-state index is -3.56. The maximum Gasteiger partial charge on any atom is 0.242 e. The smallest absolute Gasteiger partial charge is 0.242 e. The molecule has 0 saturated carbocycles. The van der Waals surface area contributed by atoms with Crippen LogP contribution in [-0.2, 0) is 14.8 Å². The molecule has 140 valence electrons. The lowest BCUT2D eigenvalue weighted by molar-refractivity contribution is -0.115. The molecule has 2 aromatic carbocycles. The van der Waals surface area contributed by atoms with Crippen molar-refractivity contribution in [3.05, 3.63) is 52.5 Å². The second-order valence-electron chi connectivity index (χ2n) is 5.94. The molecule has 1 atom stereocenters. The van der Waals surface area contributed by atoms with Crippen molar-refractivity contribution < 1.29 is 13.2 Å². The highest BCUT2D eigenvalue weighted by Gasteiger charge is 2.20. The van der Waals surface area contributed by atoms with Crippen LogP contribution in [0.3, 0.4) is 0 Å². The Morgan fingerprint density at radius 3 is 2.46 bits per heavy atom. The topological polar surface area (TPSA) is 66.5 Å². The molecule has 8 heteroatoms. The third kappa shape index (κ3) is 4.88. The lowest BCUT2D eigenvalue weighted by Gasteiger charge is -2.16. The molecule has 0 fully saturated rings. The van der Waals surface area contributed by atoms with E-state index in [0.717, 1.165) is 19.2 Å². The fourth-order valence-electron chi connectivity index (χ4n) is 2.13. The van der Waals surface area contributed by atoms with Crippen LogP contribution in [0.15, 0.2) is 56.7 Å². The number of nitrogens with one attached hydrogen (secondary N) is 1. The zero-order chi connectivity index (χ0) is 19.5. The Hall–Kier alpha value is -1.35. The molecule has 1 N–H and O–H groups in total. The molecule has 0 aliphatic rings. The third-order valence-electron chi connectivity index (χ3n) is 3.76. The van der Waals surface area contributed by atoms with Crippen molar-refractivity contribution in [3.63, 3.8) is 0 Å². The van der Waals surface area contributed by atoms with Gasteiger partial charge in [0.05, 0.1) is 10.1 Å². The second kappa shape index (κ2) is 8.56. The number of halogens is 1. The van der Waals surface area contributed by atoms with E-state index in [1.165, 1.54) is 31.9 Å². The van der Waals surface area contributed by atoms with Gasteiger partial charge in [-0.05, 0) is 59.6 Å². The second-order valence-corrected chi connectivity index (χ2v) is 10.3. The normalized spacial score (nSPS) is 12.8. The van der Waals surface area contributed by atoms with Gasteiger partial charge in [-0.25, -0.2) is 12.7 Å². The number of carbonyl (C=O) groups is 1. The van der Waals surface area contributed by atoms with Crippen LogP contribution < -0.4 is 5.32 Å². The van der Waals surface area contributed by atoms with Crippen molar-refractivity contribution >= 4 is 49.3 Å². The number of hydrogen-bond donors (Lipinski definition) is 1. The van der Waals surface area contributed by atoms with E-state index in [9.17, 15) is 13.2 Å². The van der Waals surface area contributed by atoms with Crippen molar-refractivity contribution in [2.75, 3.05) is 19.4 Å². The first-order chi connectivity index (χ1) is 12.1. The molecule has 0 radical (unpaired) electrons. The maximum atomic E-state index is 12.6. The number of sulfonamides is 1. The number of amides is 1. The Kier molecular flexibility index (Phi) is 6.90. The van der Waals surface area contributed by atoms with Gasteiger partial charge in [-0.1, -0.05) is 18.2 Å². The average molecular weight is 457 g/mol. The number of benzene rings is 2. The SMILES string of the molecule is Cc1ccc(S(=O)(=O)N(C)C)cc1NC(=O)C(C)Sc1ccccc1Br. The minimum absolute atomic E-state index is 0.148. The Morgan fingerprint density at radius 1 is 1.19 bits per heavy atom. The molecule has 0 aliphatic carbocycles. The van der Waals surface area contributed by atoms with Gasteiger partial charge in [-0.2, -0.15) is 0 Å². The summed E-state index contributed by atoms with van der Waals surface area (Å²) in [6.45, 7) is 3.64. The third-order valence-corrected chi connectivity index (χ3v) is 7.70. The first kappa shape index (κ1) is 21.0. The van der Waals surface area contributed by atoms with E-state index in [-0.39, 0.29) is 16.1 Å². The molecule has 1 unspecified atom stereocenters. The molecule has 1 amide bonds. The first-order valence-electron chi connectivity index (χ1n) is 7.88. The predicted octanol–water partition coefficient (Wildman–Crippen LogP) is 4.13. The van der Waals surface area contributed by atoms with Crippen LogP contribution in [0, 0.1) is 6.92 Å². The van der Waals surface area contributed by atoms with E-state index < -0.39 is 10.0 Å². The summed E-state index contributed by atoms with van der Waals surface area (Å²) in [6.07, 6.45) is 0. The van der Waals surface area contributed by atoms with E-state index in [1.807, 2.05) is 38.1 Å². The van der Waals surface area contributed by atoms with Crippen LogP contribution >= 0.6 is 27.7 Å². The monoisotopic (exact) mass is 456 g/mol. The number of thioether (sulfide) groups is 1. The van der Waals surface area contributed by atoms with Crippen molar-refractivity contribution in [3.8, 4) is 0 Å². The summed E-state index contributed by atoms with van der Waals surface area (Å²) in [5, 5.41) is 2.50. The fourth-order valence-corrected chi connectivity index (χ4v) is 4.50. The standard InChI is InChI=1S/C18H21BrN2O3S2/c1-12-9-10-14(26(23,24)21(3)4)11-16(12)20-18(22)13(2)25-17-8-6-5-7-15(17)19/h5-11,13H,1-4H3,(H,20,22). The van der Waals surface area contributed by atoms with Crippen molar-refractivity contribution in [2.45, 2.75) is 28.9 Å². The summed E-state index contributed by atoms with van der Waals surface area (Å²) in [5.41, 5.74) is 1.30. The molecule has 2 rings (SSSR count). The highest BCUT2D eigenvalue weighted by molar-refractivity contribution is 9.10. The first-order valence-corrected chi connectivity index (χ1v) is 11.0. The van der Waals surface area contributed by atoms with Gasteiger partial charge in [-0.3, -0.25) is 4.79 Å². The van der Waals surface area contributed by atoms with Crippen LogP contribution in [-0.4, -0.2) is 38.0 Å². The molecular weight excluding hydrogens is 436 g/mol. The molecule has 0 aliphatic heterocycles. The minimum Gasteiger partial charge on any atom is -0.325 e. The Balaban J connectivity index is 2.19. The lowest BCUT2D eigenvalue weighted by Crippen LogP contribution is -2.24. The van der Waals surface area contributed by atoms with Gasteiger partial charge in [0.15, 0.2) is 0 Å². The number of anilines is 1. The Bertz CT molecular complexity index is 914. The highest BCUT2D eigenvalue weighted by Crippen LogP contribution is 2.31. The zero-order valence-electron chi connectivity index (χ0n) is 15.0.